The monoisotopic (exact) mass is 500 g/mol. The van der Waals surface area contributed by atoms with Crippen LogP contribution < -0.4 is 20.9 Å². The van der Waals surface area contributed by atoms with Gasteiger partial charge in [-0.15, -0.1) is 4.83 Å². The molecule has 0 radical (unpaired) electrons. The minimum atomic E-state index is -3.91. The van der Waals surface area contributed by atoms with Crippen molar-refractivity contribution in [1.29, 1.82) is 0 Å². The Labute approximate surface area is 196 Å². The molecule has 2 unspecified atom stereocenters. The van der Waals surface area contributed by atoms with Crippen LogP contribution in [0.5, 0.6) is 0 Å². The van der Waals surface area contributed by atoms with Gasteiger partial charge in [0.25, 0.3) is 5.91 Å². The Hall–Kier alpha value is -2.70. The van der Waals surface area contributed by atoms with Gasteiger partial charge in [-0.2, -0.15) is 0 Å². The fraction of sp³-hybridized carbons (Fsp3) is 0.450. The third-order valence-corrected chi connectivity index (χ3v) is 6.99. The number of halogens is 2. The molecule has 0 saturated heterocycles. The Kier molecular flexibility index (Phi) is 7.92. The molecule has 1 aliphatic rings. The molecule has 1 heterocycles. The molecule has 0 aliphatic heterocycles. The summed E-state index contributed by atoms with van der Waals surface area (Å²) in [5, 5.41) is 4.98. The maximum atomic E-state index is 14.5. The summed E-state index contributed by atoms with van der Waals surface area (Å²) in [7, 11) is -0.639. The molecule has 4 N–H and O–H groups in total. The van der Waals surface area contributed by atoms with E-state index in [0.717, 1.165) is 12.8 Å². The van der Waals surface area contributed by atoms with Crippen molar-refractivity contribution in [3.05, 3.63) is 41.1 Å². The number of carbonyl (C=O) groups is 2. The average molecular weight is 501 g/mol. The first-order valence-corrected chi connectivity index (χ1v) is 12.4. The van der Waals surface area contributed by atoms with Crippen molar-refractivity contribution in [2.75, 3.05) is 12.8 Å². The van der Waals surface area contributed by atoms with Crippen LogP contribution in [0.15, 0.2) is 24.7 Å². The lowest BCUT2D eigenvalue weighted by Gasteiger charge is -2.29. The number of carbonyl (C=O) groups excluding carboxylic acids is 2. The number of hydrogen-bond acceptors (Lipinski definition) is 5. The summed E-state index contributed by atoms with van der Waals surface area (Å²) in [5.41, 5.74) is 2.52. The predicted octanol–water partition coefficient (Wildman–Crippen LogP) is 1.93. The van der Waals surface area contributed by atoms with Crippen LogP contribution in [0.25, 0.3) is 11.3 Å². The van der Waals surface area contributed by atoms with E-state index in [4.69, 9.17) is 11.6 Å². The van der Waals surface area contributed by atoms with E-state index in [2.05, 4.69) is 21.0 Å². The Morgan fingerprint density at radius 2 is 2.06 bits per heavy atom. The SMILES string of the molecule is CNC(=O)NC1CCCC(CS(=O)(=O)NNC(=O)c2cc(-c3cn(C)cn3)cc(Cl)c2F)C1. The Morgan fingerprint density at radius 1 is 1.30 bits per heavy atom. The highest BCUT2D eigenvalue weighted by molar-refractivity contribution is 7.89. The van der Waals surface area contributed by atoms with E-state index in [1.54, 1.807) is 24.1 Å². The number of imidazole rings is 1. The summed E-state index contributed by atoms with van der Waals surface area (Å²) < 4.78 is 41.2. The molecule has 1 aromatic carbocycles. The van der Waals surface area contributed by atoms with E-state index >= 15 is 0 Å². The average Bonchev–Trinajstić information content (AvgIpc) is 3.20. The summed E-state index contributed by atoms with van der Waals surface area (Å²) >= 11 is 5.94. The molecule has 3 amide bonds. The fourth-order valence-electron chi connectivity index (χ4n) is 3.84. The van der Waals surface area contributed by atoms with Crippen LogP contribution in [-0.2, 0) is 17.1 Å². The van der Waals surface area contributed by atoms with Crippen LogP contribution in [-0.4, -0.2) is 48.7 Å². The van der Waals surface area contributed by atoms with Gasteiger partial charge in [-0.3, -0.25) is 10.2 Å². The number of benzene rings is 1. The highest BCUT2D eigenvalue weighted by Gasteiger charge is 2.28. The molecule has 180 valence electrons. The number of rotatable bonds is 7. The van der Waals surface area contributed by atoms with Gasteiger partial charge in [0, 0.05) is 31.9 Å². The normalized spacial score (nSPS) is 18.5. The lowest BCUT2D eigenvalue weighted by atomic mass is 9.87. The summed E-state index contributed by atoms with van der Waals surface area (Å²) in [4.78, 5) is 30.2. The van der Waals surface area contributed by atoms with Gasteiger partial charge in [-0.1, -0.05) is 18.0 Å². The highest BCUT2D eigenvalue weighted by atomic mass is 35.5. The van der Waals surface area contributed by atoms with Crippen molar-refractivity contribution in [2.24, 2.45) is 13.0 Å². The summed E-state index contributed by atoms with van der Waals surface area (Å²) in [6.07, 6.45) is 5.92. The van der Waals surface area contributed by atoms with Gasteiger partial charge >= 0.3 is 6.03 Å². The third kappa shape index (κ3) is 6.65. The van der Waals surface area contributed by atoms with E-state index in [0.29, 0.717) is 24.1 Å². The van der Waals surface area contributed by atoms with E-state index in [-0.39, 0.29) is 28.8 Å². The van der Waals surface area contributed by atoms with Crippen molar-refractivity contribution in [3.8, 4) is 11.3 Å². The van der Waals surface area contributed by atoms with Gasteiger partial charge in [0.2, 0.25) is 10.0 Å². The number of nitrogens with one attached hydrogen (secondary N) is 4. The fourth-order valence-corrected chi connectivity index (χ4v) is 5.31. The molecule has 3 rings (SSSR count). The first kappa shape index (κ1) is 24.9. The maximum absolute atomic E-state index is 14.5. The molecule has 2 atom stereocenters. The van der Waals surface area contributed by atoms with Crippen LogP contribution >= 0.6 is 11.6 Å². The van der Waals surface area contributed by atoms with Crippen LogP contribution in [0.3, 0.4) is 0 Å². The van der Waals surface area contributed by atoms with Crippen LogP contribution in [0.1, 0.15) is 36.0 Å². The van der Waals surface area contributed by atoms with E-state index in [9.17, 15) is 22.4 Å². The second-order valence-electron chi connectivity index (χ2n) is 8.03. The first-order chi connectivity index (χ1) is 15.6. The van der Waals surface area contributed by atoms with Crippen LogP contribution in [0.4, 0.5) is 9.18 Å². The molecule has 10 nitrogen and oxygen atoms in total. The summed E-state index contributed by atoms with van der Waals surface area (Å²) in [6, 6.07) is 2.15. The van der Waals surface area contributed by atoms with E-state index in [1.807, 2.05) is 4.83 Å². The largest absolute Gasteiger partial charge is 0.341 e. The van der Waals surface area contributed by atoms with Crippen molar-refractivity contribution in [1.82, 2.24) is 30.4 Å². The minimum absolute atomic E-state index is 0.126. The number of urea groups is 1. The number of hydrogen-bond donors (Lipinski definition) is 4. The molecule has 33 heavy (non-hydrogen) atoms. The summed E-state index contributed by atoms with van der Waals surface area (Å²) in [6.45, 7) is 0. The zero-order valence-corrected chi connectivity index (χ0v) is 19.8. The number of aromatic nitrogens is 2. The third-order valence-electron chi connectivity index (χ3n) is 5.39. The van der Waals surface area contributed by atoms with E-state index < -0.39 is 27.3 Å². The number of hydrazine groups is 1. The lowest BCUT2D eigenvalue weighted by Crippen LogP contribution is -2.46. The second-order valence-corrected chi connectivity index (χ2v) is 10.2. The second kappa shape index (κ2) is 10.5. The molecule has 1 aromatic heterocycles. The van der Waals surface area contributed by atoms with Crippen molar-refractivity contribution in [3.63, 3.8) is 0 Å². The molecule has 2 aromatic rings. The summed E-state index contributed by atoms with van der Waals surface area (Å²) in [5.74, 6) is -2.40. The topological polar surface area (TPSA) is 134 Å². The van der Waals surface area contributed by atoms with Crippen molar-refractivity contribution < 1.29 is 22.4 Å². The zero-order valence-electron chi connectivity index (χ0n) is 18.2. The van der Waals surface area contributed by atoms with Crippen LogP contribution in [0, 0.1) is 11.7 Å². The Morgan fingerprint density at radius 3 is 2.73 bits per heavy atom. The first-order valence-electron chi connectivity index (χ1n) is 10.3. The molecular formula is C20H26ClFN6O4S. The number of nitrogens with zero attached hydrogens (tertiary/aromatic N) is 2. The minimum Gasteiger partial charge on any atom is -0.341 e. The van der Waals surface area contributed by atoms with Gasteiger partial charge in [-0.05, 0) is 37.3 Å². The highest BCUT2D eigenvalue weighted by Crippen LogP contribution is 2.27. The number of sulfonamides is 1. The predicted molar refractivity (Wildman–Crippen MR) is 121 cm³/mol. The van der Waals surface area contributed by atoms with Crippen LogP contribution in [0.2, 0.25) is 5.02 Å². The maximum Gasteiger partial charge on any atom is 0.314 e. The molecule has 13 heteroatoms. The Bertz CT molecular complexity index is 1140. The van der Waals surface area contributed by atoms with Gasteiger partial charge in [0.05, 0.1) is 28.4 Å². The standard InChI is InChI=1S/C20H26ClFN6O4S/c1-23-20(30)25-14-5-3-4-12(6-14)10-33(31,32)27-26-19(29)15-7-13(8-16(21)18(15)22)17-9-28(2)11-24-17/h7-9,11-12,14,27H,3-6,10H2,1-2H3,(H,26,29)(H2,23,25,30). The quantitative estimate of drug-likeness (QED) is 0.431. The molecule has 1 saturated carbocycles. The molecule has 0 bridgehead atoms. The Balaban J connectivity index is 1.64. The van der Waals surface area contributed by atoms with E-state index in [1.165, 1.54) is 19.2 Å². The number of amides is 3. The molecule has 1 aliphatic carbocycles. The lowest BCUT2D eigenvalue weighted by molar-refractivity contribution is 0.0941. The van der Waals surface area contributed by atoms with Gasteiger partial charge in [0.15, 0.2) is 5.82 Å². The van der Waals surface area contributed by atoms with Gasteiger partial charge < -0.3 is 15.2 Å². The van der Waals surface area contributed by atoms with Gasteiger partial charge in [-0.25, -0.2) is 22.6 Å². The van der Waals surface area contributed by atoms with Gasteiger partial charge in [0.1, 0.15) is 0 Å². The van der Waals surface area contributed by atoms with Crippen molar-refractivity contribution in [2.45, 2.75) is 31.7 Å². The molecular weight excluding hydrogens is 475 g/mol. The zero-order chi connectivity index (χ0) is 24.2. The van der Waals surface area contributed by atoms with Crippen molar-refractivity contribution >= 4 is 33.6 Å². The molecule has 0 spiro atoms. The molecule has 1 fully saturated rings. The number of aryl methyl sites for hydroxylation is 1. The smallest absolute Gasteiger partial charge is 0.314 e.